The average Bonchev–Trinajstić information content (AvgIpc) is 2.13. The summed E-state index contributed by atoms with van der Waals surface area (Å²) >= 11 is 0. The Hall–Kier alpha value is -1.12. The Labute approximate surface area is 89.5 Å². The largest absolute Gasteiger partial charge is 0.379 e. The summed E-state index contributed by atoms with van der Waals surface area (Å²) in [6.45, 7) is 5.90. The lowest BCUT2D eigenvalue weighted by Crippen LogP contribution is -2.17. The monoisotopic (exact) mass is 213 g/mol. The van der Waals surface area contributed by atoms with E-state index in [2.05, 4.69) is 26.1 Å². The van der Waals surface area contributed by atoms with Gasteiger partial charge in [0.25, 0.3) is 6.43 Å². The first-order chi connectivity index (χ1) is 6.91. The molecule has 0 fully saturated rings. The quantitative estimate of drug-likeness (QED) is 0.808. The number of halogens is 2. The van der Waals surface area contributed by atoms with E-state index in [4.69, 9.17) is 0 Å². The maximum Gasteiger partial charge on any atom is 0.255 e. The maximum absolute atomic E-state index is 12.1. The highest BCUT2D eigenvalue weighted by Gasteiger charge is 2.17. The van der Waals surface area contributed by atoms with Crippen molar-refractivity contribution < 1.29 is 8.78 Å². The van der Waals surface area contributed by atoms with Crippen LogP contribution in [0.2, 0.25) is 0 Å². The summed E-state index contributed by atoms with van der Waals surface area (Å²) < 4.78 is 24.2. The number of alkyl halides is 2. The summed E-state index contributed by atoms with van der Waals surface area (Å²) in [7, 11) is 0. The number of para-hydroxylation sites is 1. The van der Waals surface area contributed by atoms with Gasteiger partial charge in [0.1, 0.15) is 0 Å². The highest BCUT2D eigenvalue weighted by Crippen LogP contribution is 2.29. The number of benzene rings is 1. The Morgan fingerprint density at radius 3 is 2.33 bits per heavy atom. The van der Waals surface area contributed by atoms with E-state index in [-0.39, 0.29) is 12.0 Å². The van der Waals surface area contributed by atoms with E-state index in [9.17, 15) is 8.78 Å². The second-order valence-corrected chi connectivity index (χ2v) is 4.57. The van der Waals surface area contributed by atoms with Crippen LogP contribution in [0.1, 0.15) is 26.3 Å². The van der Waals surface area contributed by atoms with Gasteiger partial charge in [0.2, 0.25) is 0 Å². The summed E-state index contributed by atoms with van der Waals surface area (Å²) in [5, 5.41) is 2.77. The fraction of sp³-hybridized carbons (Fsp3) is 0.500. The van der Waals surface area contributed by atoms with Crippen molar-refractivity contribution in [2.75, 3.05) is 11.9 Å². The van der Waals surface area contributed by atoms with Crippen molar-refractivity contribution in [3.63, 3.8) is 0 Å². The van der Waals surface area contributed by atoms with Crippen LogP contribution in [0.5, 0.6) is 0 Å². The third-order valence-electron chi connectivity index (χ3n) is 2.18. The second-order valence-electron chi connectivity index (χ2n) is 4.57. The van der Waals surface area contributed by atoms with Crippen LogP contribution in [-0.4, -0.2) is 13.0 Å². The Balaban J connectivity index is 2.87. The number of anilines is 1. The van der Waals surface area contributed by atoms with Crippen molar-refractivity contribution >= 4 is 5.69 Å². The average molecular weight is 213 g/mol. The van der Waals surface area contributed by atoms with Crippen LogP contribution in [0.4, 0.5) is 14.5 Å². The third kappa shape index (κ3) is 3.50. The first kappa shape index (κ1) is 12.0. The summed E-state index contributed by atoms with van der Waals surface area (Å²) in [5.74, 6) is 0. The highest BCUT2D eigenvalue weighted by molar-refractivity contribution is 5.54. The van der Waals surface area contributed by atoms with Crippen LogP contribution in [0, 0.1) is 0 Å². The highest BCUT2D eigenvalue weighted by atomic mass is 19.3. The van der Waals surface area contributed by atoms with Crippen LogP contribution in [0.3, 0.4) is 0 Å². The maximum atomic E-state index is 12.1. The lowest BCUT2D eigenvalue weighted by Gasteiger charge is -2.23. The van der Waals surface area contributed by atoms with Crippen molar-refractivity contribution in [2.24, 2.45) is 0 Å². The molecule has 0 heterocycles. The van der Waals surface area contributed by atoms with Gasteiger partial charge in [-0.1, -0.05) is 39.0 Å². The van der Waals surface area contributed by atoms with Crippen LogP contribution in [-0.2, 0) is 5.41 Å². The number of rotatable bonds is 3. The van der Waals surface area contributed by atoms with E-state index in [1.807, 2.05) is 24.3 Å². The zero-order valence-electron chi connectivity index (χ0n) is 9.35. The minimum absolute atomic E-state index is 0.0360. The van der Waals surface area contributed by atoms with E-state index in [0.717, 1.165) is 11.3 Å². The fourth-order valence-electron chi connectivity index (χ4n) is 1.48. The minimum Gasteiger partial charge on any atom is -0.379 e. The molecule has 0 aliphatic heterocycles. The lowest BCUT2D eigenvalue weighted by atomic mass is 9.86. The van der Waals surface area contributed by atoms with Crippen molar-refractivity contribution in [3.05, 3.63) is 29.8 Å². The van der Waals surface area contributed by atoms with E-state index in [1.54, 1.807) is 0 Å². The van der Waals surface area contributed by atoms with Gasteiger partial charge in [-0.05, 0) is 17.0 Å². The molecule has 0 radical (unpaired) electrons. The molecule has 0 amide bonds. The molecule has 0 unspecified atom stereocenters. The van der Waals surface area contributed by atoms with Gasteiger partial charge >= 0.3 is 0 Å². The first-order valence-corrected chi connectivity index (χ1v) is 5.03. The first-order valence-electron chi connectivity index (χ1n) is 5.03. The van der Waals surface area contributed by atoms with Gasteiger partial charge < -0.3 is 5.32 Å². The van der Waals surface area contributed by atoms with Crippen molar-refractivity contribution in [2.45, 2.75) is 32.6 Å². The third-order valence-corrected chi connectivity index (χ3v) is 2.18. The van der Waals surface area contributed by atoms with Gasteiger partial charge in [-0.2, -0.15) is 0 Å². The smallest absolute Gasteiger partial charge is 0.255 e. The summed E-state index contributed by atoms with van der Waals surface area (Å²) in [5.41, 5.74) is 1.82. The molecule has 0 saturated carbocycles. The van der Waals surface area contributed by atoms with Crippen LogP contribution < -0.4 is 5.32 Å². The fourth-order valence-corrected chi connectivity index (χ4v) is 1.48. The second kappa shape index (κ2) is 4.60. The molecule has 15 heavy (non-hydrogen) atoms. The van der Waals surface area contributed by atoms with E-state index in [1.165, 1.54) is 0 Å². The Kier molecular flexibility index (Phi) is 3.66. The summed E-state index contributed by atoms with van der Waals surface area (Å²) in [4.78, 5) is 0. The van der Waals surface area contributed by atoms with E-state index in [0.29, 0.717) is 0 Å². The van der Waals surface area contributed by atoms with E-state index < -0.39 is 6.43 Å². The van der Waals surface area contributed by atoms with Crippen LogP contribution >= 0.6 is 0 Å². The normalized spacial score (nSPS) is 11.9. The Morgan fingerprint density at radius 1 is 1.20 bits per heavy atom. The molecule has 0 saturated heterocycles. The van der Waals surface area contributed by atoms with Gasteiger partial charge in [-0.3, -0.25) is 0 Å². The van der Waals surface area contributed by atoms with Crippen molar-refractivity contribution in [1.82, 2.24) is 0 Å². The van der Waals surface area contributed by atoms with Crippen LogP contribution in [0.25, 0.3) is 0 Å². The zero-order valence-corrected chi connectivity index (χ0v) is 9.35. The van der Waals surface area contributed by atoms with Gasteiger partial charge in [0.15, 0.2) is 0 Å². The van der Waals surface area contributed by atoms with Gasteiger partial charge in [-0.25, -0.2) is 8.78 Å². The van der Waals surface area contributed by atoms with E-state index >= 15 is 0 Å². The van der Waals surface area contributed by atoms with Gasteiger partial charge in [0.05, 0.1) is 6.54 Å². The Morgan fingerprint density at radius 2 is 1.80 bits per heavy atom. The SMILES string of the molecule is CC(C)(C)c1ccccc1NCC(F)F. The molecular formula is C12H17F2N. The molecule has 1 aromatic carbocycles. The lowest BCUT2D eigenvalue weighted by molar-refractivity contribution is 0.163. The molecule has 1 N–H and O–H groups in total. The van der Waals surface area contributed by atoms with Crippen molar-refractivity contribution in [3.8, 4) is 0 Å². The number of nitrogens with one attached hydrogen (secondary N) is 1. The molecule has 1 rings (SSSR count). The molecule has 1 nitrogen and oxygen atoms in total. The molecule has 1 aromatic rings. The predicted octanol–water partition coefficient (Wildman–Crippen LogP) is 3.66. The number of hydrogen-bond donors (Lipinski definition) is 1. The number of hydrogen-bond acceptors (Lipinski definition) is 1. The van der Waals surface area contributed by atoms with Gasteiger partial charge in [-0.15, -0.1) is 0 Å². The molecule has 0 spiro atoms. The standard InChI is InChI=1S/C12H17F2N/c1-12(2,3)9-6-4-5-7-10(9)15-8-11(13)14/h4-7,11,15H,8H2,1-3H3. The predicted molar refractivity (Wildman–Crippen MR) is 59.6 cm³/mol. The van der Waals surface area contributed by atoms with Crippen molar-refractivity contribution in [1.29, 1.82) is 0 Å². The molecule has 84 valence electrons. The summed E-state index contributed by atoms with van der Waals surface area (Å²) in [6.07, 6.45) is -2.32. The molecular weight excluding hydrogens is 196 g/mol. The molecule has 3 heteroatoms. The summed E-state index contributed by atoms with van der Waals surface area (Å²) in [6, 6.07) is 7.58. The molecule has 0 aromatic heterocycles. The topological polar surface area (TPSA) is 12.0 Å². The molecule has 0 atom stereocenters. The van der Waals surface area contributed by atoms with Gasteiger partial charge in [0, 0.05) is 5.69 Å². The Bertz CT molecular complexity index is 316. The molecule has 0 aliphatic carbocycles. The molecule has 0 bridgehead atoms. The molecule has 0 aliphatic rings. The minimum atomic E-state index is -2.32. The van der Waals surface area contributed by atoms with Crippen LogP contribution in [0.15, 0.2) is 24.3 Å². The zero-order chi connectivity index (χ0) is 11.5.